The second-order valence-electron chi connectivity index (χ2n) is 8.05. The number of imidazole rings is 1. The highest BCUT2D eigenvalue weighted by atomic mass is 16.5. The number of rotatable bonds is 5. The van der Waals surface area contributed by atoms with Crippen LogP contribution in [-0.4, -0.2) is 55.8 Å². The fourth-order valence-corrected chi connectivity index (χ4v) is 4.30. The molecule has 0 unspecified atom stereocenters. The van der Waals surface area contributed by atoms with E-state index >= 15 is 0 Å². The number of nitrogens with zero attached hydrogens (tertiary/aromatic N) is 5. The third-order valence-electron chi connectivity index (χ3n) is 6.08. The Bertz CT molecular complexity index is 1220. The smallest absolute Gasteiger partial charge is 0.337 e. The number of likely N-dealkylation sites (tertiary alicyclic amines) is 1. The van der Waals surface area contributed by atoms with E-state index in [1.54, 1.807) is 10.7 Å². The molecule has 3 heterocycles. The molecule has 1 fully saturated rings. The van der Waals surface area contributed by atoms with Crippen LogP contribution < -0.4 is 4.74 Å². The first kappa shape index (κ1) is 18.8. The zero-order valence-corrected chi connectivity index (χ0v) is 17.2. The number of aromatic hydroxyl groups is 1. The SMILES string of the molecule is Cc1ccc(Cc2cnc3c(O)nc(OC[C@@H]4CCCN4C)nn23)c2ccccc12. The molecule has 7 heteroatoms. The summed E-state index contributed by atoms with van der Waals surface area (Å²) in [5.74, 6) is -0.167. The maximum Gasteiger partial charge on any atom is 0.337 e. The zero-order valence-electron chi connectivity index (χ0n) is 17.2. The van der Waals surface area contributed by atoms with E-state index < -0.39 is 0 Å². The van der Waals surface area contributed by atoms with Crippen LogP contribution in [-0.2, 0) is 6.42 Å². The molecule has 154 valence electrons. The Morgan fingerprint density at radius 3 is 2.80 bits per heavy atom. The van der Waals surface area contributed by atoms with Gasteiger partial charge in [0.2, 0.25) is 5.65 Å². The molecular formula is C23H25N5O2. The molecule has 1 N–H and O–H groups in total. The summed E-state index contributed by atoms with van der Waals surface area (Å²) in [6.07, 6.45) is 4.66. The van der Waals surface area contributed by atoms with E-state index in [1.807, 2.05) is 0 Å². The summed E-state index contributed by atoms with van der Waals surface area (Å²) in [7, 11) is 2.10. The van der Waals surface area contributed by atoms with Gasteiger partial charge in [-0.15, -0.1) is 5.10 Å². The maximum absolute atomic E-state index is 10.4. The Kier molecular flexibility index (Phi) is 4.75. The van der Waals surface area contributed by atoms with Crippen LogP contribution in [0.1, 0.15) is 29.7 Å². The Hall–Kier alpha value is -3.19. The Balaban J connectivity index is 1.47. The summed E-state index contributed by atoms with van der Waals surface area (Å²) >= 11 is 0. The second kappa shape index (κ2) is 7.57. The summed E-state index contributed by atoms with van der Waals surface area (Å²) in [5, 5.41) is 17.3. The van der Waals surface area contributed by atoms with E-state index in [0.717, 1.165) is 18.7 Å². The average Bonchev–Trinajstić information content (AvgIpc) is 3.35. The molecule has 0 bridgehead atoms. The molecule has 0 amide bonds. The van der Waals surface area contributed by atoms with Gasteiger partial charge >= 0.3 is 6.01 Å². The molecule has 7 nitrogen and oxygen atoms in total. The topological polar surface area (TPSA) is 75.8 Å². The normalized spacial score (nSPS) is 17.2. The Morgan fingerprint density at radius 1 is 1.17 bits per heavy atom. The lowest BCUT2D eigenvalue weighted by molar-refractivity contribution is 0.184. The number of aryl methyl sites for hydroxylation is 1. The van der Waals surface area contributed by atoms with Gasteiger partial charge in [-0.2, -0.15) is 4.98 Å². The van der Waals surface area contributed by atoms with Gasteiger partial charge in [0, 0.05) is 12.5 Å². The molecule has 1 aliphatic rings. The van der Waals surface area contributed by atoms with Gasteiger partial charge in [0.25, 0.3) is 5.88 Å². The van der Waals surface area contributed by atoms with Crippen LogP contribution in [0.15, 0.2) is 42.6 Å². The third kappa shape index (κ3) is 3.35. The molecule has 0 spiro atoms. The summed E-state index contributed by atoms with van der Waals surface area (Å²) in [6.45, 7) is 3.71. The maximum atomic E-state index is 10.4. The second-order valence-corrected chi connectivity index (χ2v) is 8.05. The first-order valence-corrected chi connectivity index (χ1v) is 10.3. The highest BCUT2D eigenvalue weighted by Gasteiger charge is 2.22. The van der Waals surface area contributed by atoms with Gasteiger partial charge < -0.3 is 14.7 Å². The number of likely N-dealkylation sites (N-methyl/N-ethyl adjacent to an activating group) is 1. The molecule has 0 radical (unpaired) electrons. The number of benzene rings is 2. The summed E-state index contributed by atoms with van der Waals surface area (Å²) in [4.78, 5) is 10.7. The van der Waals surface area contributed by atoms with Gasteiger partial charge in [-0.3, -0.25) is 0 Å². The number of hydrogen-bond acceptors (Lipinski definition) is 6. The van der Waals surface area contributed by atoms with Gasteiger partial charge in [0.15, 0.2) is 0 Å². The fraction of sp³-hybridized carbons (Fsp3) is 0.348. The van der Waals surface area contributed by atoms with Crippen molar-refractivity contribution in [2.24, 2.45) is 0 Å². The number of aromatic nitrogens is 4. The molecule has 1 saturated heterocycles. The van der Waals surface area contributed by atoms with Crippen molar-refractivity contribution in [3.8, 4) is 11.9 Å². The van der Waals surface area contributed by atoms with Crippen LogP contribution in [0.5, 0.6) is 11.9 Å². The van der Waals surface area contributed by atoms with E-state index in [4.69, 9.17) is 4.74 Å². The molecule has 2 aromatic carbocycles. The highest BCUT2D eigenvalue weighted by Crippen LogP contribution is 2.26. The van der Waals surface area contributed by atoms with Crippen molar-refractivity contribution in [3.63, 3.8) is 0 Å². The van der Waals surface area contributed by atoms with Crippen LogP contribution in [0, 0.1) is 6.92 Å². The zero-order chi connectivity index (χ0) is 20.7. The van der Waals surface area contributed by atoms with Gasteiger partial charge in [0.05, 0.1) is 11.9 Å². The number of ether oxygens (including phenoxy) is 1. The van der Waals surface area contributed by atoms with E-state index in [1.165, 1.54) is 28.3 Å². The van der Waals surface area contributed by atoms with Crippen molar-refractivity contribution in [3.05, 3.63) is 59.4 Å². The van der Waals surface area contributed by atoms with Gasteiger partial charge in [-0.25, -0.2) is 9.50 Å². The minimum atomic E-state index is -0.167. The first-order valence-electron chi connectivity index (χ1n) is 10.3. The van der Waals surface area contributed by atoms with Gasteiger partial charge in [-0.1, -0.05) is 36.4 Å². The van der Waals surface area contributed by atoms with Crippen molar-refractivity contribution >= 4 is 16.4 Å². The summed E-state index contributed by atoms with van der Waals surface area (Å²) in [6, 6.07) is 13.2. The van der Waals surface area contributed by atoms with Crippen molar-refractivity contribution < 1.29 is 9.84 Å². The minimum Gasteiger partial charge on any atom is -0.490 e. The van der Waals surface area contributed by atoms with Crippen molar-refractivity contribution in [1.82, 2.24) is 24.5 Å². The van der Waals surface area contributed by atoms with Crippen LogP contribution in [0.3, 0.4) is 0 Å². The summed E-state index contributed by atoms with van der Waals surface area (Å²) < 4.78 is 7.48. The monoisotopic (exact) mass is 403 g/mol. The number of hydrogen-bond donors (Lipinski definition) is 1. The van der Waals surface area contributed by atoms with E-state index in [0.29, 0.717) is 24.7 Å². The largest absolute Gasteiger partial charge is 0.490 e. The number of fused-ring (bicyclic) bond motifs is 2. The predicted octanol–water partition coefficient (Wildman–Crippen LogP) is 3.36. The quantitative estimate of drug-likeness (QED) is 0.551. The van der Waals surface area contributed by atoms with Crippen LogP contribution in [0.2, 0.25) is 0 Å². The standard InChI is InChI=1S/C23H25N5O2/c1-15-9-10-16(20-8-4-3-7-19(15)20)12-18-13-24-21-22(29)25-23(26-28(18)21)30-14-17-6-5-11-27(17)2/h3-4,7-10,13,17H,5-6,11-12,14H2,1-2H3,(H,25,26,29)/t17-/m0/s1. The van der Waals surface area contributed by atoms with Crippen LogP contribution >= 0.6 is 0 Å². The molecule has 30 heavy (non-hydrogen) atoms. The van der Waals surface area contributed by atoms with E-state index in [-0.39, 0.29) is 11.9 Å². The lowest BCUT2D eigenvalue weighted by atomic mass is 9.98. The highest BCUT2D eigenvalue weighted by molar-refractivity contribution is 5.88. The molecule has 0 aliphatic carbocycles. The third-order valence-corrected chi connectivity index (χ3v) is 6.08. The molecule has 1 aliphatic heterocycles. The minimum absolute atomic E-state index is 0.167. The Labute approximate surface area is 174 Å². The lowest BCUT2D eigenvalue weighted by Gasteiger charge is -2.18. The van der Waals surface area contributed by atoms with Crippen LogP contribution in [0.25, 0.3) is 16.4 Å². The Morgan fingerprint density at radius 2 is 2.00 bits per heavy atom. The van der Waals surface area contributed by atoms with E-state index in [9.17, 15) is 5.11 Å². The van der Waals surface area contributed by atoms with Crippen molar-refractivity contribution in [2.75, 3.05) is 20.2 Å². The van der Waals surface area contributed by atoms with Gasteiger partial charge in [-0.05, 0) is 55.3 Å². The molecule has 1 atom stereocenters. The van der Waals surface area contributed by atoms with E-state index in [2.05, 4.69) is 70.3 Å². The fourth-order valence-electron chi connectivity index (χ4n) is 4.30. The predicted molar refractivity (Wildman–Crippen MR) is 115 cm³/mol. The molecule has 5 rings (SSSR count). The van der Waals surface area contributed by atoms with Crippen molar-refractivity contribution in [1.29, 1.82) is 0 Å². The molecule has 4 aromatic rings. The lowest BCUT2D eigenvalue weighted by Crippen LogP contribution is -2.31. The summed E-state index contributed by atoms with van der Waals surface area (Å²) in [5.41, 5.74) is 3.65. The molecular weight excluding hydrogens is 378 g/mol. The van der Waals surface area contributed by atoms with Crippen molar-refractivity contribution in [2.45, 2.75) is 32.2 Å². The van der Waals surface area contributed by atoms with Crippen LogP contribution in [0.4, 0.5) is 0 Å². The molecule has 0 saturated carbocycles. The first-order chi connectivity index (χ1) is 14.6. The molecule has 2 aromatic heterocycles. The van der Waals surface area contributed by atoms with Gasteiger partial charge in [0.1, 0.15) is 6.61 Å². The average molecular weight is 403 g/mol.